The standard InChI is InChI=1S/C27H46O6/c1-13-10-17-11-16-12-19-18(15-6-4-3-5-7-15)8-9-20(29)23(19)24(30)22(16)26(32)27(17,33)25(31)21(13)14(2)28/h13-26,28-33H,3-12H2,1-2H3/t13?,14?,16-,17-,18?,19?,20?,21?,22?,23?,24?,25?,26?,27-/m1/s1. The molecule has 0 aromatic rings. The second-order valence-electron chi connectivity index (χ2n) is 12.8. The van der Waals surface area contributed by atoms with E-state index in [2.05, 4.69) is 0 Å². The number of rotatable bonds is 2. The smallest absolute Gasteiger partial charge is 0.120 e. The van der Waals surface area contributed by atoms with Crippen molar-refractivity contribution in [1.29, 1.82) is 0 Å². The molecular formula is C27H46O6. The molecule has 0 saturated heterocycles. The van der Waals surface area contributed by atoms with Gasteiger partial charge < -0.3 is 30.6 Å². The molecule has 0 bridgehead atoms. The lowest BCUT2D eigenvalue weighted by molar-refractivity contribution is -0.290. The molecule has 190 valence electrons. The quantitative estimate of drug-likeness (QED) is 0.371. The summed E-state index contributed by atoms with van der Waals surface area (Å²) in [6.07, 6.45) is 5.58. The van der Waals surface area contributed by atoms with E-state index in [4.69, 9.17) is 0 Å². The van der Waals surface area contributed by atoms with Crippen molar-refractivity contribution in [3.8, 4) is 0 Å². The summed E-state index contributed by atoms with van der Waals surface area (Å²) in [6, 6.07) is 0. The van der Waals surface area contributed by atoms with E-state index in [1.807, 2.05) is 6.92 Å². The Morgan fingerprint density at radius 1 is 0.758 bits per heavy atom. The molecule has 0 aliphatic heterocycles. The van der Waals surface area contributed by atoms with Crippen LogP contribution in [0.1, 0.15) is 78.1 Å². The maximum absolute atomic E-state index is 11.8. The summed E-state index contributed by atoms with van der Waals surface area (Å²) >= 11 is 0. The van der Waals surface area contributed by atoms with Crippen LogP contribution in [0.3, 0.4) is 0 Å². The Balaban J connectivity index is 1.44. The molecule has 5 rings (SSSR count). The van der Waals surface area contributed by atoms with E-state index >= 15 is 0 Å². The SMILES string of the molecule is CC(O)C1C(C)C[C@@H]2C[C@@H]3CC4C(C5CCCCC5)CCC(O)C4C(O)C3C(O)[C@]2(O)C1O. The van der Waals surface area contributed by atoms with Crippen LogP contribution in [0.5, 0.6) is 0 Å². The third-order valence-electron chi connectivity index (χ3n) is 11.2. The molecule has 11 unspecified atom stereocenters. The van der Waals surface area contributed by atoms with Gasteiger partial charge in [-0.15, -0.1) is 0 Å². The Bertz CT molecular complexity index is 694. The van der Waals surface area contributed by atoms with Gasteiger partial charge in [0.05, 0.1) is 30.5 Å². The van der Waals surface area contributed by atoms with Gasteiger partial charge in [0.2, 0.25) is 0 Å². The van der Waals surface area contributed by atoms with Crippen LogP contribution in [0.15, 0.2) is 0 Å². The molecule has 0 radical (unpaired) electrons. The molecule has 5 aliphatic carbocycles. The summed E-state index contributed by atoms with van der Waals surface area (Å²) in [5.74, 6) is 0.0174. The van der Waals surface area contributed by atoms with Gasteiger partial charge in [-0.25, -0.2) is 0 Å². The summed E-state index contributed by atoms with van der Waals surface area (Å²) in [4.78, 5) is 0. The van der Waals surface area contributed by atoms with Gasteiger partial charge in [0.25, 0.3) is 0 Å². The predicted octanol–water partition coefficient (Wildman–Crippen LogP) is 2.08. The molecular weight excluding hydrogens is 420 g/mol. The van der Waals surface area contributed by atoms with E-state index < -0.39 is 48.0 Å². The molecule has 14 atom stereocenters. The minimum Gasteiger partial charge on any atom is -0.393 e. The van der Waals surface area contributed by atoms with E-state index in [-0.39, 0.29) is 29.6 Å². The van der Waals surface area contributed by atoms with Gasteiger partial charge in [-0.05, 0) is 74.5 Å². The molecule has 0 aromatic heterocycles. The topological polar surface area (TPSA) is 121 Å². The van der Waals surface area contributed by atoms with Crippen LogP contribution < -0.4 is 0 Å². The summed E-state index contributed by atoms with van der Waals surface area (Å²) < 4.78 is 0. The molecule has 5 fully saturated rings. The minimum absolute atomic E-state index is 0.0433. The average Bonchev–Trinajstić information content (AvgIpc) is 2.76. The molecule has 6 N–H and O–H groups in total. The van der Waals surface area contributed by atoms with Gasteiger partial charge in [-0.3, -0.25) is 0 Å². The molecule has 5 aliphatic rings. The zero-order chi connectivity index (χ0) is 23.7. The Morgan fingerprint density at radius 2 is 1.45 bits per heavy atom. The van der Waals surface area contributed by atoms with E-state index in [1.165, 1.54) is 32.1 Å². The van der Waals surface area contributed by atoms with E-state index in [9.17, 15) is 30.6 Å². The molecule has 6 heteroatoms. The van der Waals surface area contributed by atoms with Crippen LogP contribution in [-0.4, -0.2) is 66.8 Å². The zero-order valence-electron chi connectivity index (χ0n) is 20.3. The van der Waals surface area contributed by atoms with E-state index in [1.54, 1.807) is 6.92 Å². The Morgan fingerprint density at radius 3 is 2.12 bits per heavy atom. The average molecular weight is 467 g/mol. The fourth-order valence-electron chi connectivity index (χ4n) is 9.81. The highest BCUT2D eigenvalue weighted by Gasteiger charge is 2.66. The Kier molecular flexibility index (Phi) is 6.67. The summed E-state index contributed by atoms with van der Waals surface area (Å²) in [5, 5.41) is 67.4. The number of hydrogen-bond donors (Lipinski definition) is 6. The lowest BCUT2D eigenvalue weighted by atomic mass is 9.46. The van der Waals surface area contributed by atoms with Gasteiger partial charge in [0.15, 0.2) is 0 Å². The van der Waals surface area contributed by atoms with Crippen LogP contribution in [0.25, 0.3) is 0 Å². The highest BCUT2D eigenvalue weighted by molar-refractivity contribution is 5.16. The molecule has 0 aromatic carbocycles. The first-order valence-electron chi connectivity index (χ1n) is 13.8. The van der Waals surface area contributed by atoms with Gasteiger partial charge in [-0.2, -0.15) is 0 Å². The van der Waals surface area contributed by atoms with Crippen LogP contribution in [0.2, 0.25) is 0 Å². The molecule has 33 heavy (non-hydrogen) atoms. The van der Waals surface area contributed by atoms with Crippen LogP contribution in [-0.2, 0) is 0 Å². The van der Waals surface area contributed by atoms with Crippen molar-refractivity contribution in [3.63, 3.8) is 0 Å². The van der Waals surface area contributed by atoms with Gasteiger partial charge in [0.1, 0.15) is 5.60 Å². The molecule has 0 amide bonds. The molecule has 6 nitrogen and oxygen atoms in total. The highest BCUT2D eigenvalue weighted by Crippen LogP contribution is 2.60. The largest absolute Gasteiger partial charge is 0.393 e. The van der Waals surface area contributed by atoms with Crippen molar-refractivity contribution in [3.05, 3.63) is 0 Å². The minimum atomic E-state index is -1.73. The second kappa shape index (κ2) is 9.01. The highest BCUT2D eigenvalue weighted by atomic mass is 16.4. The first kappa shape index (κ1) is 24.5. The fraction of sp³-hybridized carbons (Fsp3) is 1.00. The molecule has 0 spiro atoms. The summed E-state index contributed by atoms with van der Waals surface area (Å²) in [7, 11) is 0. The summed E-state index contributed by atoms with van der Waals surface area (Å²) in [5.41, 5.74) is -1.73. The second-order valence-corrected chi connectivity index (χ2v) is 12.8. The number of aliphatic hydroxyl groups is 6. The monoisotopic (exact) mass is 466 g/mol. The van der Waals surface area contributed by atoms with Gasteiger partial charge >= 0.3 is 0 Å². The summed E-state index contributed by atoms with van der Waals surface area (Å²) in [6.45, 7) is 3.65. The lowest BCUT2D eigenvalue weighted by Gasteiger charge is -2.63. The van der Waals surface area contributed by atoms with Crippen LogP contribution in [0, 0.1) is 53.3 Å². The Hall–Kier alpha value is -0.240. The Labute approximate surface area is 198 Å². The van der Waals surface area contributed by atoms with E-state index in [0.717, 1.165) is 12.8 Å². The van der Waals surface area contributed by atoms with Gasteiger partial charge in [0, 0.05) is 17.8 Å². The maximum atomic E-state index is 11.8. The third kappa shape index (κ3) is 3.74. The molecule has 5 saturated carbocycles. The van der Waals surface area contributed by atoms with Crippen molar-refractivity contribution in [2.45, 2.75) is 114 Å². The van der Waals surface area contributed by atoms with Crippen molar-refractivity contribution in [1.82, 2.24) is 0 Å². The zero-order valence-corrected chi connectivity index (χ0v) is 20.3. The van der Waals surface area contributed by atoms with Crippen molar-refractivity contribution in [2.24, 2.45) is 53.3 Å². The van der Waals surface area contributed by atoms with Crippen molar-refractivity contribution >= 4 is 0 Å². The first-order chi connectivity index (χ1) is 15.7. The number of aliphatic hydroxyl groups excluding tert-OH is 5. The number of fused-ring (bicyclic) bond motifs is 3. The third-order valence-corrected chi connectivity index (χ3v) is 11.2. The predicted molar refractivity (Wildman–Crippen MR) is 124 cm³/mol. The molecule has 0 heterocycles. The van der Waals surface area contributed by atoms with Crippen molar-refractivity contribution in [2.75, 3.05) is 0 Å². The van der Waals surface area contributed by atoms with Crippen LogP contribution in [0.4, 0.5) is 0 Å². The van der Waals surface area contributed by atoms with Crippen molar-refractivity contribution < 1.29 is 30.6 Å². The first-order valence-corrected chi connectivity index (χ1v) is 13.8. The normalized spacial score (nSPS) is 56.4. The lowest BCUT2D eigenvalue weighted by Crippen LogP contribution is -2.72. The van der Waals surface area contributed by atoms with Gasteiger partial charge in [-0.1, -0.05) is 39.0 Å². The van der Waals surface area contributed by atoms with E-state index in [0.29, 0.717) is 31.1 Å². The maximum Gasteiger partial charge on any atom is 0.120 e. The fourth-order valence-corrected chi connectivity index (χ4v) is 9.81. The number of hydrogen-bond acceptors (Lipinski definition) is 6. The van der Waals surface area contributed by atoms with Crippen LogP contribution >= 0.6 is 0 Å².